The van der Waals surface area contributed by atoms with Crippen molar-refractivity contribution in [2.75, 3.05) is 6.54 Å². The second kappa shape index (κ2) is 7.83. The van der Waals surface area contributed by atoms with Gasteiger partial charge in [0.05, 0.1) is 6.04 Å². The van der Waals surface area contributed by atoms with E-state index in [1.54, 1.807) is 18.4 Å². The molecule has 4 heteroatoms. The SMILES string of the molecule is CCN1C=C(C(=O)/C=C/c2ccc(C)cc2)C(c2ccccc2)NC1=O. The number of urea groups is 1. The number of carbonyl (C=O) groups excluding carboxylic acids is 2. The second-order valence-corrected chi connectivity index (χ2v) is 6.27. The molecule has 26 heavy (non-hydrogen) atoms. The van der Waals surface area contributed by atoms with Gasteiger partial charge in [-0.3, -0.25) is 4.79 Å². The van der Waals surface area contributed by atoms with Crippen LogP contribution in [0.3, 0.4) is 0 Å². The van der Waals surface area contributed by atoms with Crippen LogP contribution in [0.2, 0.25) is 0 Å². The Hall–Kier alpha value is -3.14. The van der Waals surface area contributed by atoms with E-state index in [1.807, 2.05) is 68.4 Å². The van der Waals surface area contributed by atoms with Crippen molar-refractivity contribution in [3.8, 4) is 0 Å². The number of hydrogen-bond acceptors (Lipinski definition) is 2. The number of amides is 2. The van der Waals surface area contributed by atoms with Gasteiger partial charge in [-0.05, 0) is 31.1 Å². The van der Waals surface area contributed by atoms with Gasteiger partial charge in [-0.2, -0.15) is 0 Å². The van der Waals surface area contributed by atoms with Gasteiger partial charge >= 0.3 is 6.03 Å². The predicted molar refractivity (Wildman–Crippen MR) is 103 cm³/mol. The Balaban J connectivity index is 1.90. The fraction of sp³-hybridized carbons (Fsp3) is 0.182. The maximum atomic E-state index is 12.9. The number of carbonyl (C=O) groups is 2. The van der Waals surface area contributed by atoms with E-state index in [4.69, 9.17) is 0 Å². The van der Waals surface area contributed by atoms with E-state index in [2.05, 4.69) is 5.32 Å². The van der Waals surface area contributed by atoms with E-state index in [9.17, 15) is 9.59 Å². The summed E-state index contributed by atoms with van der Waals surface area (Å²) in [6, 6.07) is 16.9. The molecule has 1 heterocycles. The number of rotatable bonds is 5. The third kappa shape index (κ3) is 3.91. The molecule has 2 amide bonds. The topological polar surface area (TPSA) is 49.4 Å². The molecule has 0 saturated heterocycles. The molecule has 0 fully saturated rings. The van der Waals surface area contributed by atoms with Crippen molar-refractivity contribution in [2.45, 2.75) is 19.9 Å². The van der Waals surface area contributed by atoms with Crippen molar-refractivity contribution in [1.29, 1.82) is 0 Å². The normalized spacial score (nSPS) is 17.2. The number of benzene rings is 2. The monoisotopic (exact) mass is 346 g/mol. The van der Waals surface area contributed by atoms with Gasteiger partial charge in [0.25, 0.3) is 0 Å². The van der Waals surface area contributed by atoms with Gasteiger partial charge in [-0.15, -0.1) is 0 Å². The highest BCUT2D eigenvalue weighted by atomic mass is 16.2. The first-order valence-electron chi connectivity index (χ1n) is 8.71. The van der Waals surface area contributed by atoms with Crippen LogP contribution in [-0.2, 0) is 4.79 Å². The lowest BCUT2D eigenvalue weighted by Crippen LogP contribution is -2.44. The van der Waals surface area contributed by atoms with Crippen LogP contribution in [0.15, 0.2) is 72.4 Å². The molecule has 1 atom stereocenters. The average Bonchev–Trinajstić information content (AvgIpc) is 2.67. The van der Waals surface area contributed by atoms with Crippen LogP contribution < -0.4 is 5.32 Å². The number of aryl methyl sites for hydroxylation is 1. The molecular formula is C22H22N2O2. The van der Waals surface area contributed by atoms with Crippen molar-refractivity contribution in [1.82, 2.24) is 10.2 Å². The summed E-state index contributed by atoms with van der Waals surface area (Å²) in [7, 11) is 0. The zero-order valence-corrected chi connectivity index (χ0v) is 15.0. The molecule has 0 bridgehead atoms. The Morgan fingerprint density at radius 3 is 2.46 bits per heavy atom. The maximum absolute atomic E-state index is 12.9. The van der Waals surface area contributed by atoms with Crippen molar-refractivity contribution in [3.05, 3.63) is 89.1 Å². The van der Waals surface area contributed by atoms with Crippen LogP contribution in [0, 0.1) is 6.92 Å². The van der Waals surface area contributed by atoms with Gasteiger partial charge in [0.2, 0.25) is 0 Å². The Labute approximate surface area is 153 Å². The van der Waals surface area contributed by atoms with Crippen LogP contribution in [0.25, 0.3) is 6.08 Å². The maximum Gasteiger partial charge on any atom is 0.322 e. The zero-order chi connectivity index (χ0) is 18.5. The summed E-state index contributed by atoms with van der Waals surface area (Å²) in [5.41, 5.74) is 3.59. The Morgan fingerprint density at radius 2 is 1.81 bits per heavy atom. The number of nitrogens with one attached hydrogen (secondary N) is 1. The molecule has 1 aliphatic rings. The highest BCUT2D eigenvalue weighted by Gasteiger charge is 2.30. The first-order chi connectivity index (χ1) is 12.6. The average molecular weight is 346 g/mol. The fourth-order valence-corrected chi connectivity index (χ4v) is 2.88. The number of hydrogen-bond donors (Lipinski definition) is 1. The summed E-state index contributed by atoms with van der Waals surface area (Å²) in [5.74, 6) is -0.113. The molecule has 132 valence electrons. The number of ketones is 1. The molecule has 1 N–H and O–H groups in total. The van der Waals surface area contributed by atoms with E-state index >= 15 is 0 Å². The van der Waals surface area contributed by atoms with Gasteiger partial charge in [0.1, 0.15) is 0 Å². The van der Waals surface area contributed by atoms with Gasteiger partial charge in [0, 0.05) is 18.3 Å². The third-order valence-corrected chi connectivity index (χ3v) is 4.40. The Bertz CT molecular complexity index is 851. The minimum absolute atomic E-state index is 0.113. The minimum atomic E-state index is -0.443. The van der Waals surface area contributed by atoms with Gasteiger partial charge < -0.3 is 10.2 Å². The molecule has 2 aromatic carbocycles. The van der Waals surface area contributed by atoms with Gasteiger partial charge in [-0.25, -0.2) is 4.79 Å². The molecule has 1 unspecified atom stereocenters. The molecule has 0 spiro atoms. The van der Waals surface area contributed by atoms with Crippen LogP contribution in [0.1, 0.15) is 29.7 Å². The molecule has 0 aliphatic carbocycles. The minimum Gasteiger partial charge on any atom is -0.327 e. The summed E-state index contributed by atoms with van der Waals surface area (Å²) >= 11 is 0. The van der Waals surface area contributed by atoms with Crippen molar-refractivity contribution >= 4 is 17.9 Å². The third-order valence-electron chi connectivity index (χ3n) is 4.40. The van der Waals surface area contributed by atoms with Crippen LogP contribution in [0.4, 0.5) is 4.79 Å². The molecule has 0 radical (unpaired) electrons. The highest BCUT2D eigenvalue weighted by molar-refractivity contribution is 6.08. The smallest absolute Gasteiger partial charge is 0.322 e. The van der Waals surface area contributed by atoms with E-state index in [-0.39, 0.29) is 11.8 Å². The Kier molecular flexibility index (Phi) is 5.32. The number of allylic oxidation sites excluding steroid dienone is 1. The molecular weight excluding hydrogens is 324 g/mol. The number of nitrogens with zero attached hydrogens (tertiary/aromatic N) is 1. The zero-order valence-electron chi connectivity index (χ0n) is 15.0. The van der Waals surface area contributed by atoms with Crippen molar-refractivity contribution in [2.24, 2.45) is 0 Å². The lowest BCUT2D eigenvalue weighted by Gasteiger charge is -2.31. The quantitative estimate of drug-likeness (QED) is 0.823. The van der Waals surface area contributed by atoms with Crippen LogP contribution >= 0.6 is 0 Å². The van der Waals surface area contributed by atoms with E-state index < -0.39 is 6.04 Å². The van der Waals surface area contributed by atoms with Gasteiger partial charge in [0.15, 0.2) is 5.78 Å². The van der Waals surface area contributed by atoms with Crippen molar-refractivity contribution in [3.63, 3.8) is 0 Å². The van der Waals surface area contributed by atoms with Gasteiger partial charge in [-0.1, -0.05) is 66.2 Å². The van der Waals surface area contributed by atoms with Crippen LogP contribution in [-0.4, -0.2) is 23.3 Å². The van der Waals surface area contributed by atoms with E-state index in [0.717, 1.165) is 11.1 Å². The molecule has 3 rings (SSSR count). The molecule has 4 nitrogen and oxygen atoms in total. The first kappa shape index (κ1) is 17.7. The largest absolute Gasteiger partial charge is 0.327 e. The summed E-state index contributed by atoms with van der Waals surface area (Å²) < 4.78 is 0. The molecule has 1 aliphatic heterocycles. The lowest BCUT2D eigenvalue weighted by atomic mass is 9.94. The first-order valence-corrected chi connectivity index (χ1v) is 8.71. The summed E-state index contributed by atoms with van der Waals surface area (Å²) in [4.78, 5) is 26.6. The lowest BCUT2D eigenvalue weighted by molar-refractivity contribution is -0.111. The Morgan fingerprint density at radius 1 is 1.12 bits per heavy atom. The summed E-state index contributed by atoms with van der Waals surface area (Å²) in [6.45, 7) is 4.41. The van der Waals surface area contributed by atoms with Crippen LogP contribution in [0.5, 0.6) is 0 Å². The predicted octanol–water partition coefficient (Wildman–Crippen LogP) is 4.25. The molecule has 0 aromatic heterocycles. The van der Waals surface area contributed by atoms with E-state index in [1.165, 1.54) is 10.5 Å². The summed E-state index contributed by atoms with van der Waals surface area (Å²) in [6.07, 6.45) is 5.04. The fourth-order valence-electron chi connectivity index (χ4n) is 2.88. The standard InChI is InChI=1S/C22H22N2O2/c1-3-24-15-19(20(25)14-13-17-11-9-16(2)10-12-17)21(23-22(24)26)18-7-5-4-6-8-18/h4-15,21H,3H2,1-2H3,(H,23,26)/b14-13+. The van der Waals surface area contributed by atoms with Crippen molar-refractivity contribution < 1.29 is 9.59 Å². The summed E-state index contributed by atoms with van der Waals surface area (Å²) in [5, 5.41) is 2.93. The molecule has 2 aromatic rings. The molecule has 0 saturated carbocycles. The van der Waals surface area contributed by atoms with E-state index in [0.29, 0.717) is 12.1 Å². The highest BCUT2D eigenvalue weighted by Crippen LogP contribution is 2.27. The second-order valence-electron chi connectivity index (χ2n) is 6.27.